The molecule has 0 saturated carbocycles. The van der Waals surface area contributed by atoms with Crippen molar-refractivity contribution < 1.29 is 38.1 Å². The van der Waals surface area contributed by atoms with Gasteiger partial charge in [-0.15, -0.1) is 0 Å². The maximum absolute atomic E-state index is 13.9. The third-order valence-electron chi connectivity index (χ3n) is 17.9. The first-order valence-electron chi connectivity index (χ1n) is 36.3. The topological polar surface area (TPSA) is 141 Å². The van der Waals surface area contributed by atoms with Gasteiger partial charge in [0.15, 0.2) is 11.5 Å². The van der Waals surface area contributed by atoms with E-state index in [9.17, 15) is 19.2 Å². The van der Waals surface area contributed by atoms with E-state index in [-0.39, 0.29) is 30.1 Å². The van der Waals surface area contributed by atoms with Crippen molar-refractivity contribution in [1.29, 1.82) is 0 Å². The predicted octanol–water partition coefficient (Wildman–Crippen LogP) is 20.8. The molecule has 0 unspecified atom stereocenters. The zero-order valence-electron chi connectivity index (χ0n) is 56.6. The van der Waals surface area contributed by atoms with Gasteiger partial charge in [0, 0.05) is 12.0 Å². The molecule has 1 aliphatic rings. The molecule has 0 fully saturated rings. The Morgan fingerprint density at radius 1 is 0.420 bits per heavy atom. The molecule has 1 aliphatic carbocycles. The number of carbonyl (C=O) groups excluding carboxylic acids is 4. The van der Waals surface area contributed by atoms with Gasteiger partial charge in [-0.2, -0.15) is 0 Å². The van der Waals surface area contributed by atoms with Gasteiger partial charge in [0.1, 0.15) is 24.4 Å². The molecular formula is C77H125N3O8. The molecule has 3 N–H and O–H groups in total. The lowest BCUT2D eigenvalue weighted by atomic mass is 9.98. The lowest BCUT2D eigenvalue weighted by molar-refractivity contribution is -0.140. The fourth-order valence-electron chi connectivity index (χ4n) is 12.3. The standard InChI is InChI=1S/C77H125N3O8/c1-7-9-11-13-15-17-19-21-23-25-27-29-31-33-35-37-39-41-43-49-57-85-64-55-56-70(71(59-64)86-58-50-44-42-40-38-36-34-32-30-28-26-24-22-20-18-16-14-12-10-8-2)88-76(83)74(63(5)6)79-72(81)60-78-75(82)73(62(3)4)80-77(84)87-61-69-67-53-47-45-51-65(67)66-52-46-48-54-68(66)69/h45-48,51-56,59,62-63,69,73-74H,7-44,49-50,57-58,60-61H2,1-6H3,(H,78,82)(H,79,81)(H,80,84)/t73-,74+/m1/s1. The maximum Gasteiger partial charge on any atom is 0.407 e. The van der Waals surface area contributed by atoms with Crippen molar-refractivity contribution in [3.63, 3.8) is 0 Å². The Balaban J connectivity index is 1.17. The molecular weight excluding hydrogens is 1090 g/mol. The second-order valence-corrected chi connectivity index (χ2v) is 26.4. The highest BCUT2D eigenvalue weighted by Crippen LogP contribution is 2.44. The van der Waals surface area contributed by atoms with Gasteiger partial charge < -0.3 is 34.9 Å². The number of carbonyl (C=O) groups is 4. The largest absolute Gasteiger partial charge is 0.493 e. The summed E-state index contributed by atoms with van der Waals surface area (Å²) in [4.78, 5) is 54.1. The van der Waals surface area contributed by atoms with Crippen LogP contribution in [0.2, 0.25) is 0 Å². The van der Waals surface area contributed by atoms with E-state index in [2.05, 4.69) is 41.9 Å². The smallest absolute Gasteiger partial charge is 0.407 e. The molecule has 3 amide bonds. The molecule has 3 aromatic rings. The summed E-state index contributed by atoms with van der Waals surface area (Å²) in [7, 11) is 0. The molecule has 0 aliphatic heterocycles. The van der Waals surface area contributed by atoms with Crippen molar-refractivity contribution in [2.45, 2.75) is 316 Å². The van der Waals surface area contributed by atoms with Crippen molar-refractivity contribution in [1.82, 2.24) is 16.0 Å². The number of nitrogens with one attached hydrogen (secondary N) is 3. The fraction of sp³-hybridized carbons (Fsp3) is 0.714. The number of ether oxygens (including phenoxy) is 4. The highest BCUT2D eigenvalue weighted by Gasteiger charge is 2.32. The van der Waals surface area contributed by atoms with Crippen LogP contribution in [0.1, 0.15) is 315 Å². The van der Waals surface area contributed by atoms with E-state index < -0.39 is 42.5 Å². The van der Waals surface area contributed by atoms with Crippen LogP contribution in [-0.2, 0) is 19.1 Å². The van der Waals surface area contributed by atoms with E-state index in [0.717, 1.165) is 54.4 Å². The number of fused-ring (bicyclic) bond motifs is 3. The Bertz CT molecular complexity index is 2250. The average molecular weight is 1220 g/mol. The minimum Gasteiger partial charge on any atom is -0.493 e. The van der Waals surface area contributed by atoms with Crippen LogP contribution in [0.5, 0.6) is 17.2 Å². The summed E-state index contributed by atoms with van der Waals surface area (Å²) in [5.41, 5.74) is 4.41. The predicted molar refractivity (Wildman–Crippen MR) is 366 cm³/mol. The summed E-state index contributed by atoms with van der Waals surface area (Å²) in [6, 6.07) is 19.6. The van der Waals surface area contributed by atoms with Gasteiger partial charge in [-0.25, -0.2) is 9.59 Å². The monoisotopic (exact) mass is 1220 g/mol. The van der Waals surface area contributed by atoms with E-state index >= 15 is 0 Å². The summed E-state index contributed by atoms with van der Waals surface area (Å²) < 4.78 is 24.4. The van der Waals surface area contributed by atoms with Gasteiger partial charge in [-0.05, 0) is 59.1 Å². The number of hydrogen-bond acceptors (Lipinski definition) is 8. The first kappa shape index (κ1) is 75.4. The zero-order chi connectivity index (χ0) is 63.1. The Morgan fingerprint density at radius 2 is 0.795 bits per heavy atom. The SMILES string of the molecule is CCCCCCCCCCCCCCCCCCCCCCOc1ccc(OC(=O)[C@@H](NC(=O)CNC(=O)[C@H](NC(=O)OCC2c3ccccc3-c3ccccc32)C(C)C)C(C)C)c(OCCCCCCCCCCCCCCCCCCCCCC)c1. The van der Waals surface area contributed by atoms with E-state index in [1.165, 1.54) is 225 Å². The van der Waals surface area contributed by atoms with E-state index in [4.69, 9.17) is 18.9 Å². The van der Waals surface area contributed by atoms with Crippen LogP contribution in [0.4, 0.5) is 4.79 Å². The number of rotatable bonds is 55. The Labute approximate surface area is 536 Å². The number of benzene rings is 3. The minimum atomic E-state index is -1.02. The average Bonchev–Trinajstić information content (AvgIpc) is 3.07. The lowest BCUT2D eigenvalue weighted by Gasteiger charge is -2.23. The molecule has 0 saturated heterocycles. The van der Waals surface area contributed by atoms with Gasteiger partial charge in [0.05, 0.1) is 19.8 Å². The van der Waals surface area contributed by atoms with E-state index in [1.54, 1.807) is 6.07 Å². The van der Waals surface area contributed by atoms with Crippen LogP contribution in [0.15, 0.2) is 66.7 Å². The van der Waals surface area contributed by atoms with Gasteiger partial charge in [-0.1, -0.05) is 334 Å². The van der Waals surface area contributed by atoms with Crippen LogP contribution in [-0.4, -0.2) is 62.3 Å². The van der Waals surface area contributed by atoms with Crippen molar-refractivity contribution in [2.24, 2.45) is 11.8 Å². The Morgan fingerprint density at radius 3 is 1.19 bits per heavy atom. The number of alkyl carbamates (subject to hydrolysis) is 1. The van der Waals surface area contributed by atoms with Crippen LogP contribution in [0.3, 0.4) is 0 Å². The number of unbranched alkanes of at least 4 members (excludes halogenated alkanes) is 38. The molecule has 0 aromatic heterocycles. The van der Waals surface area contributed by atoms with Gasteiger partial charge in [-0.3, -0.25) is 9.59 Å². The Hall–Kier alpha value is -5.06. The number of amides is 3. The highest BCUT2D eigenvalue weighted by atomic mass is 16.6. The quantitative estimate of drug-likeness (QED) is 0.0288. The zero-order valence-corrected chi connectivity index (χ0v) is 56.6. The first-order chi connectivity index (χ1) is 43.0. The van der Waals surface area contributed by atoms with Gasteiger partial charge in [0.2, 0.25) is 11.8 Å². The van der Waals surface area contributed by atoms with E-state index in [1.807, 2.05) is 76.2 Å². The number of hydrogen-bond donors (Lipinski definition) is 3. The maximum atomic E-state index is 13.9. The first-order valence-corrected chi connectivity index (χ1v) is 36.3. The summed E-state index contributed by atoms with van der Waals surface area (Å²) in [5, 5.41) is 8.15. The summed E-state index contributed by atoms with van der Waals surface area (Å²) >= 11 is 0. The molecule has 0 heterocycles. The van der Waals surface area contributed by atoms with Crippen molar-refractivity contribution >= 4 is 23.9 Å². The molecule has 11 heteroatoms. The fourth-order valence-corrected chi connectivity index (χ4v) is 12.3. The lowest BCUT2D eigenvalue weighted by Crippen LogP contribution is -2.53. The summed E-state index contributed by atoms with van der Waals surface area (Å²) in [6.45, 7) is 12.6. The van der Waals surface area contributed by atoms with Gasteiger partial charge >= 0.3 is 12.1 Å². The van der Waals surface area contributed by atoms with Crippen molar-refractivity contribution in [3.05, 3.63) is 77.9 Å². The van der Waals surface area contributed by atoms with Crippen LogP contribution < -0.4 is 30.2 Å². The van der Waals surface area contributed by atoms with Crippen LogP contribution in [0.25, 0.3) is 11.1 Å². The van der Waals surface area contributed by atoms with Crippen LogP contribution in [0, 0.1) is 11.8 Å². The van der Waals surface area contributed by atoms with Gasteiger partial charge in [0.25, 0.3) is 0 Å². The molecule has 3 aromatic carbocycles. The number of esters is 1. The Kier molecular flexibility index (Phi) is 41.8. The second kappa shape index (κ2) is 48.7. The minimum absolute atomic E-state index is 0.103. The molecule has 0 bridgehead atoms. The third-order valence-corrected chi connectivity index (χ3v) is 17.9. The molecule has 0 radical (unpaired) electrons. The second-order valence-electron chi connectivity index (χ2n) is 26.4. The highest BCUT2D eigenvalue weighted by molar-refractivity contribution is 5.91. The normalized spacial score (nSPS) is 12.6. The molecule has 496 valence electrons. The van der Waals surface area contributed by atoms with E-state index in [0.29, 0.717) is 24.7 Å². The molecule has 88 heavy (non-hydrogen) atoms. The summed E-state index contributed by atoms with van der Waals surface area (Å²) in [5.74, 6) is -1.19. The third kappa shape index (κ3) is 32.6. The molecule has 2 atom stereocenters. The molecule has 11 nitrogen and oxygen atoms in total. The molecule has 0 spiro atoms. The van der Waals surface area contributed by atoms with Crippen molar-refractivity contribution in [2.75, 3.05) is 26.4 Å². The molecule has 4 rings (SSSR count). The van der Waals surface area contributed by atoms with Crippen molar-refractivity contribution in [3.8, 4) is 28.4 Å². The summed E-state index contributed by atoms with van der Waals surface area (Å²) in [6.07, 6.45) is 52.5. The van der Waals surface area contributed by atoms with Crippen LogP contribution >= 0.6 is 0 Å².